The monoisotopic (exact) mass is 626 g/mol. The molecule has 7 rings (SSSR count). The first-order chi connectivity index (χ1) is 22.9. The largest absolute Gasteiger partial charge is 0.392 e. The first-order valence-electron chi connectivity index (χ1n) is 16.1. The van der Waals surface area contributed by atoms with Crippen LogP contribution in [0.25, 0.3) is 10.8 Å². The van der Waals surface area contributed by atoms with Gasteiger partial charge in [-0.25, -0.2) is 0 Å². The van der Waals surface area contributed by atoms with Crippen LogP contribution in [0.3, 0.4) is 0 Å². The van der Waals surface area contributed by atoms with Crippen LogP contribution in [-0.2, 0) is 22.6 Å². The molecule has 1 fully saturated rings. The molecule has 0 spiro atoms. The van der Waals surface area contributed by atoms with E-state index in [-0.39, 0.29) is 43.2 Å². The summed E-state index contributed by atoms with van der Waals surface area (Å²) in [5.41, 5.74) is 5.74. The smallest absolute Gasteiger partial charge is 0.261 e. The molecule has 5 aromatic rings. The van der Waals surface area contributed by atoms with Crippen molar-refractivity contribution in [2.75, 3.05) is 13.6 Å². The summed E-state index contributed by atoms with van der Waals surface area (Å²) in [6, 6.07) is 37.8. The lowest BCUT2D eigenvalue weighted by molar-refractivity contribution is -0.253. The number of amides is 2. The second-order valence-corrected chi connectivity index (χ2v) is 12.6. The first kappa shape index (κ1) is 31.0. The van der Waals surface area contributed by atoms with Crippen molar-refractivity contribution in [1.29, 1.82) is 0 Å². The van der Waals surface area contributed by atoms with Crippen LogP contribution in [0.5, 0.6) is 0 Å². The lowest BCUT2D eigenvalue weighted by atomic mass is 9.98. The van der Waals surface area contributed by atoms with Gasteiger partial charge in [0.15, 0.2) is 6.29 Å². The van der Waals surface area contributed by atoms with Gasteiger partial charge in [-0.1, -0.05) is 97.1 Å². The molecule has 0 saturated carbocycles. The van der Waals surface area contributed by atoms with Crippen LogP contribution in [0.1, 0.15) is 80.3 Å². The molecule has 1 saturated heterocycles. The highest BCUT2D eigenvalue weighted by molar-refractivity contribution is 6.21. The number of fused-ring (bicyclic) bond motifs is 2. The van der Waals surface area contributed by atoms with Crippen LogP contribution in [0, 0.1) is 0 Å². The number of benzene rings is 5. The molecule has 2 amide bonds. The predicted octanol–water partition coefficient (Wildman–Crippen LogP) is 7.37. The number of aliphatic hydroxyl groups excluding tert-OH is 1. The first-order valence-corrected chi connectivity index (χ1v) is 16.1. The van der Waals surface area contributed by atoms with Crippen LogP contribution in [-0.4, -0.2) is 46.4 Å². The van der Waals surface area contributed by atoms with Crippen LogP contribution in [0.2, 0.25) is 0 Å². The zero-order chi connectivity index (χ0) is 32.5. The molecule has 1 N–H and O–H groups in total. The minimum Gasteiger partial charge on any atom is -0.392 e. The van der Waals surface area contributed by atoms with Crippen molar-refractivity contribution in [3.05, 3.63) is 154 Å². The highest BCUT2D eigenvalue weighted by atomic mass is 16.7. The number of rotatable bonds is 9. The summed E-state index contributed by atoms with van der Waals surface area (Å²) >= 11 is 0. The highest BCUT2D eigenvalue weighted by Crippen LogP contribution is 2.39. The van der Waals surface area contributed by atoms with Crippen LogP contribution in [0.4, 0.5) is 0 Å². The minimum absolute atomic E-state index is 0.00925. The van der Waals surface area contributed by atoms with E-state index in [2.05, 4.69) is 61.3 Å². The van der Waals surface area contributed by atoms with Gasteiger partial charge < -0.3 is 14.6 Å². The molecule has 7 heteroatoms. The number of carbonyl (C=O) groups is 2. The molecule has 5 aromatic carbocycles. The second-order valence-electron chi connectivity index (χ2n) is 12.6. The SMILES string of the molecule is CC(c1ccc2ccccc2c1)N(C)CC1CC(c2ccc(CO)cc2)OC(c2ccc(CN3C(=O)c4ccccc4C3=O)cc2)O1. The van der Waals surface area contributed by atoms with Gasteiger partial charge in [-0.3, -0.25) is 19.4 Å². The van der Waals surface area contributed by atoms with E-state index in [4.69, 9.17) is 9.47 Å². The van der Waals surface area contributed by atoms with E-state index in [9.17, 15) is 14.7 Å². The van der Waals surface area contributed by atoms with Crippen molar-refractivity contribution in [1.82, 2.24) is 9.80 Å². The van der Waals surface area contributed by atoms with E-state index in [1.54, 1.807) is 24.3 Å². The van der Waals surface area contributed by atoms with Crippen molar-refractivity contribution >= 4 is 22.6 Å². The molecule has 2 heterocycles. The third kappa shape index (κ3) is 6.35. The normalized spacial score (nSPS) is 20.2. The fraction of sp³-hybridized carbons (Fsp3) is 0.250. The fourth-order valence-electron chi connectivity index (χ4n) is 6.58. The summed E-state index contributed by atoms with van der Waals surface area (Å²) in [5, 5.41) is 12.0. The minimum atomic E-state index is -0.603. The number of carbonyl (C=O) groups excluding carboxylic acids is 2. The van der Waals surface area contributed by atoms with Gasteiger partial charge in [-0.2, -0.15) is 0 Å². The lowest BCUT2D eigenvalue weighted by Gasteiger charge is -2.39. The summed E-state index contributed by atoms with van der Waals surface area (Å²) in [5.74, 6) is -0.540. The molecule has 0 radical (unpaired) electrons. The van der Waals surface area contributed by atoms with Gasteiger partial charge in [0.2, 0.25) is 0 Å². The Morgan fingerprint density at radius 2 is 1.38 bits per heavy atom. The summed E-state index contributed by atoms with van der Waals surface area (Å²) in [6.07, 6.45) is -0.230. The Labute approximate surface area is 275 Å². The maximum atomic E-state index is 12.9. The number of hydrogen-bond donors (Lipinski definition) is 1. The third-order valence-corrected chi connectivity index (χ3v) is 9.49. The van der Waals surface area contributed by atoms with Gasteiger partial charge >= 0.3 is 0 Å². The topological polar surface area (TPSA) is 79.3 Å². The quantitative estimate of drug-likeness (QED) is 0.172. The van der Waals surface area contributed by atoms with Crippen LogP contribution in [0.15, 0.2) is 115 Å². The molecule has 2 aliphatic heterocycles. The Bertz CT molecular complexity index is 1870. The average molecular weight is 627 g/mol. The number of aliphatic hydroxyl groups is 1. The number of hydrogen-bond acceptors (Lipinski definition) is 6. The molecule has 4 unspecified atom stereocenters. The fourth-order valence-corrected chi connectivity index (χ4v) is 6.58. The molecular weight excluding hydrogens is 588 g/mol. The summed E-state index contributed by atoms with van der Waals surface area (Å²) in [7, 11) is 2.13. The number of likely N-dealkylation sites (N-methyl/N-ethyl adjacent to an activating group) is 1. The van der Waals surface area contributed by atoms with Crippen molar-refractivity contribution in [2.45, 2.75) is 51.0 Å². The van der Waals surface area contributed by atoms with Crippen molar-refractivity contribution in [3.63, 3.8) is 0 Å². The van der Waals surface area contributed by atoms with E-state index in [0.29, 0.717) is 24.1 Å². The van der Waals surface area contributed by atoms with E-state index in [1.807, 2.05) is 48.5 Å². The molecule has 238 valence electrons. The van der Waals surface area contributed by atoms with Gasteiger partial charge in [-0.05, 0) is 65.2 Å². The third-order valence-electron chi connectivity index (χ3n) is 9.49. The standard InChI is InChI=1S/C40H38N2O5/c1-26(32-20-19-29-7-3-4-8-33(29)21-32)41(2)24-34-22-37(30-15-13-28(25-43)14-16-30)47-40(46-34)31-17-11-27(12-18-31)23-42-38(44)35-9-5-6-10-36(35)39(42)45/h3-21,26,34,37,40,43H,22-25H2,1-2H3. The second kappa shape index (κ2) is 13.2. The van der Waals surface area contributed by atoms with E-state index in [1.165, 1.54) is 21.2 Å². The highest BCUT2D eigenvalue weighted by Gasteiger charge is 2.36. The van der Waals surface area contributed by atoms with Gasteiger partial charge in [0.25, 0.3) is 11.8 Å². The Hall–Kier alpha value is -4.66. The molecule has 7 nitrogen and oxygen atoms in total. The zero-order valence-corrected chi connectivity index (χ0v) is 26.6. The summed E-state index contributed by atoms with van der Waals surface area (Å²) in [6.45, 7) is 3.11. The van der Waals surface area contributed by atoms with Gasteiger partial charge in [-0.15, -0.1) is 0 Å². The Kier molecular flexibility index (Phi) is 8.71. The molecule has 0 aromatic heterocycles. The molecular formula is C40H38N2O5. The maximum absolute atomic E-state index is 12.9. The number of nitrogens with zero attached hydrogens (tertiary/aromatic N) is 2. The molecule has 2 aliphatic rings. The van der Waals surface area contributed by atoms with Crippen molar-refractivity contribution in [3.8, 4) is 0 Å². The summed E-state index contributed by atoms with van der Waals surface area (Å²) < 4.78 is 13.2. The van der Waals surface area contributed by atoms with Gasteiger partial charge in [0.1, 0.15) is 0 Å². The lowest BCUT2D eigenvalue weighted by Crippen LogP contribution is -2.38. The average Bonchev–Trinajstić information content (AvgIpc) is 3.36. The zero-order valence-electron chi connectivity index (χ0n) is 26.6. The van der Waals surface area contributed by atoms with Crippen molar-refractivity contribution in [2.24, 2.45) is 0 Å². The Morgan fingerprint density at radius 3 is 2.06 bits per heavy atom. The van der Waals surface area contributed by atoms with Crippen molar-refractivity contribution < 1.29 is 24.2 Å². The van der Waals surface area contributed by atoms with E-state index >= 15 is 0 Å². The summed E-state index contributed by atoms with van der Waals surface area (Å²) in [4.78, 5) is 29.4. The van der Waals surface area contributed by atoms with Crippen LogP contribution < -0.4 is 0 Å². The maximum Gasteiger partial charge on any atom is 0.261 e. The van der Waals surface area contributed by atoms with E-state index < -0.39 is 6.29 Å². The predicted molar refractivity (Wildman–Crippen MR) is 181 cm³/mol. The van der Waals surface area contributed by atoms with Gasteiger partial charge in [0, 0.05) is 24.6 Å². The molecule has 47 heavy (non-hydrogen) atoms. The molecule has 0 aliphatic carbocycles. The molecule has 0 bridgehead atoms. The Balaban J connectivity index is 1.09. The molecule has 4 atom stereocenters. The van der Waals surface area contributed by atoms with Gasteiger partial charge in [0.05, 0.1) is 36.5 Å². The van der Waals surface area contributed by atoms with E-state index in [0.717, 1.165) is 22.3 Å². The Morgan fingerprint density at radius 1 is 0.766 bits per heavy atom. The number of imide groups is 1. The van der Waals surface area contributed by atoms with Crippen LogP contribution >= 0.6 is 0 Å². The number of ether oxygens (including phenoxy) is 2.